The number of nitrogens with zero attached hydrogens (tertiary/aromatic N) is 1. The second-order valence-electron chi connectivity index (χ2n) is 14.9. The highest BCUT2D eigenvalue weighted by Crippen LogP contribution is 2.11. The van der Waals surface area contributed by atoms with Crippen molar-refractivity contribution < 1.29 is 47.7 Å². The fourth-order valence-electron chi connectivity index (χ4n) is 5.80. The molecule has 0 aliphatic heterocycles. The minimum Gasteiger partial charge on any atom is -0.465 e. The van der Waals surface area contributed by atoms with Crippen LogP contribution in [-0.2, 0) is 47.7 Å². The molecule has 11 heteroatoms. The molecule has 0 aromatic rings. The van der Waals surface area contributed by atoms with E-state index in [0.717, 1.165) is 141 Å². The van der Waals surface area contributed by atoms with E-state index in [9.17, 15) is 24.0 Å². The molecule has 0 amide bonds. The minimum absolute atomic E-state index is 0.0236. The van der Waals surface area contributed by atoms with Crippen molar-refractivity contribution in [2.24, 2.45) is 0 Å². The minimum atomic E-state index is -0.409. The van der Waals surface area contributed by atoms with Crippen molar-refractivity contribution in [1.82, 2.24) is 4.90 Å². The first kappa shape index (κ1) is 51.6. The number of ketones is 2. The maximum Gasteiger partial charge on any atom is 0.313 e. The largest absolute Gasteiger partial charge is 0.465 e. The summed E-state index contributed by atoms with van der Waals surface area (Å²) in [5.41, 5.74) is 0. The van der Waals surface area contributed by atoms with E-state index in [1.165, 1.54) is 0 Å². The van der Waals surface area contributed by atoms with Crippen molar-refractivity contribution in [3.05, 3.63) is 0 Å². The van der Waals surface area contributed by atoms with Gasteiger partial charge in [0, 0.05) is 32.5 Å². The first-order chi connectivity index (χ1) is 26.2. The Bertz CT molecular complexity index is 941. The number of hydrogen-bond acceptors (Lipinski definition) is 11. The van der Waals surface area contributed by atoms with Gasteiger partial charge in [-0.2, -0.15) is 0 Å². The van der Waals surface area contributed by atoms with Crippen molar-refractivity contribution in [1.29, 1.82) is 0 Å². The van der Waals surface area contributed by atoms with Crippen LogP contribution >= 0.6 is 0 Å². The van der Waals surface area contributed by atoms with Gasteiger partial charge in [0.05, 0.1) is 19.8 Å². The summed E-state index contributed by atoms with van der Waals surface area (Å²) in [6, 6.07) is 0. The molecule has 0 aliphatic carbocycles. The van der Waals surface area contributed by atoms with Crippen LogP contribution in [0.15, 0.2) is 0 Å². The monoisotopic (exact) mass is 770 g/mol. The lowest BCUT2D eigenvalue weighted by atomic mass is 10.1. The Morgan fingerprint density at radius 1 is 0.444 bits per heavy atom. The lowest BCUT2D eigenvalue weighted by Crippen LogP contribution is -2.28. The number of hydrogen-bond donors (Lipinski definition) is 0. The average molecular weight is 770 g/mol. The van der Waals surface area contributed by atoms with Gasteiger partial charge >= 0.3 is 17.9 Å². The van der Waals surface area contributed by atoms with Crippen LogP contribution in [0.1, 0.15) is 181 Å². The molecule has 1 unspecified atom stereocenters. The molecule has 0 aromatic heterocycles. The standard InChI is InChI=1S/C43H79NO10/c1-5-7-9-19-26-38(45)34-42(48)52-32-23-17-12-11-15-21-30-50-36-40(37-54-41(47)28-25-29-44(3)4)51-31-22-16-13-14-18-24-33-53-43(49)35-39(46)27-20-10-8-6-2/h40H,5-37H2,1-4H3. The number of unbranched alkanes of at least 4 members (excludes halogenated alkanes) is 16. The average Bonchev–Trinajstić information content (AvgIpc) is 3.13. The van der Waals surface area contributed by atoms with Crippen LogP contribution in [0.5, 0.6) is 0 Å². The lowest BCUT2D eigenvalue weighted by molar-refractivity contribution is -0.150. The van der Waals surface area contributed by atoms with Gasteiger partial charge in [-0.05, 0) is 65.6 Å². The van der Waals surface area contributed by atoms with Gasteiger partial charge in [-0.1, -0.05) is 104 Å². The van der Waals surface area contributed by atoms with E-state index in [4.69, 9.17) is 23.7 Å². The fourth-order valence-corrected chi connectivity index (χ4v) is 5.80. The summed E-state index contributed by atoms with van der Waals surface area (Å²) in [7, 11) is 3.96. The predicted molar refractivity (Wildman–Crippen MR) is 213 cm³/mol. The first-order valence-electron chi connectivity index (χ1n) is 21.5. The van der Waals surface area contributed by atoms with E-state index >= 15 is 0 Å². The van der Waals surface area contributed by atoms with Gasteiger partial charge in [0.15, 0.2) is 0 Å². The van der Waals surface area contributed by atoms with Crippen LogP contribution in [0.25, 0.3) is 0 Å². The molecule has 0 fully saturated rings. The molecule has 54 heavy (non-hydrogen) atoms. The number of carbonyl (C=O) groups excluding carboxylic acids is 5. The second-order valence-corrected chi connectivity index (χ2v) is 14.9. The van der Waals surface area contributed by atoms with Gasteiger partial charge in [0.1, 0.15) is 37.1 Å². The summed E-state index contributed by atoms with van der Waals surface area (Å²) in [4.78, 5) is 61.8. The highest BCUT2D eigenvalue weighted by molar-refractivity contribution is 5.95. The normalized spacial score (nSPS) is 11.8. The zero-order valence-corrected chi connectivity index (χ0v) is 34.9. The highest BCUT2D eigenvalue weighted by Gasteiger charge is 2.14. The summed E-state index contributed by atoms with van der Waals surface area (Å²) in [5.74, 6) is -1.08. The Morgan fingerprint density at radius 2 is 0.889 bits per heavy atom. The van der Waals surface area contributed by atoms with Crippen molar-refractivity contribution in [2.45, 2.75) is 187 Å². The lowest BCUT2D eigenvalue weighted by Gasteiger charge is -2.18. The molecule has 0 N–H and O–H groups in total. The van der Waals surface area contributed by atoms with Crippen LogP contribution in [0.4, 0.5) is 0 Å². The number of rotatable bonds is 41. The van der Waals surface area contributed by atoms with Crippen LogP contribution in [-0.4, -0.2) is 101 Å². The van der Waals surface area contributed by atoms with Gasteiger partial charge in [-0.3, -0.25) is 24.0 Å². The quantitative estimate of drug-likeness (QED) is 0.0255. The van der Waals surface area contributed by atoms with Gasteiger partial charge in [0.25, 0.3) is 0 Å². The van der Waals surface area contributed by atoms with Gasteiger partial charge in [-0.15, -0.1) is 0 Å². The molecule has 0 aromatic carbocycles. The molecule has 0 heterocycles. The molecule has 11 nitrogen and oxygen atoms in total. The molecular weight excluding hydrogens is 690 g/mol. The third kappa shape index (κ3) is 37.9. The third-order valence-electron chi connectivity index (χ3n) is 9.12. The van der Waals surface area contributed by atoms with Crippen LogP contribution in [0.2, 0.25) is 0 Å². The number of ether oxygens (including phenoxy) is 5. The number of carbonyl (C=O) groups is 5. The van der Waals surface area contributed by atoms with E-state index < -0.39 is 11.9 Å². The van der Waals surface area contributed by atoms with E-state index in [1.807, 2.05) is 19.0 Å². The Hall–Kier alpha value is -2.37. The molecule has 0 spiro atoms. The van der Waals surface area contributed by atoms with Crippen molar-refractivity contribution >= 4 is 29.5 Å². The summed E-state index contributed by atoms with van der Waals surface area (Å²) in [5, 5.41) is 0. The fraction of sp³-hybridized carbons (Fsp3) is 0.884. The SMILES string of the molecule is CCCCCCC(=O)CC(=O)OCCCCCCCCOCC(COC(=O)CCCN(C)C)OCCCCCCCCOC(=O)CC(=O)CCCCCC. The molecule has 0 bridgehead atoms. The zero-order chi connectivity index (χ0) is 39.9. The van der Waals surface area contributed by atoms with Gasteiger partial charge in [0.2, 0.25) is 0 Å². The van der Waals surface area contributed by atoms with E-state index in [-0.39, 0.29) is 43.1 Å². The number of Topliss-reactive ketones (excluding diaryl/α,β-unsaturated/α-hetero) is 2. The topological polar surface area (TPSA) is 135 Å². The van der Waals surface area contributed by atoms with Crippen LogP contribution < -0.4 is 0 Å². The molecule has 0 saturated heterocycles. The predicted octanol–water partition coefficient (Wildman–Crippen LogP) is 8.90. The molecular formula is C43H79NO10. The summed E-state index contributed by atoms with van der Waals surface area (Å²) < 4.78 is 28.0. The van der Waals surface area contributed by atoms with Crippen molar-refractivity contribution in [3.8, 4) is 0 Å². The maximum atomic E-state index is 12.2. The Kier molecular flexibility index (Phi) is 37.2. The van der Waals surface area contributed by atoms with Crippen LogP contribution in [0.3, 0.4) is 0 Å². The zero-order valence-electron chi connectivity index (χ0n) is 34.9. The molecule has 0 saturated carbocycles. The molecule has 0 radical (unpaired) electrons. The Morgan fingerprint density at radius 3 is 1.37 bits per heavy atom. The second kappa shape index (κ2) is 38.9. The summed E-state index contributed by atoms with van der Waals surface area (Å²) in [6.45, 7) is 7.57. The Labute approximate surface area is 328 Å². The van der Waals surface area contributed by atoms with Gasteiger partial charge < -0.3 is 28.6 Å². The Balaban J connectivity index is 4.08. The maximum absolute atomic E-state index is 12.2. The highest BCUT2D eigenvalue weighted by atomic mass is 16.6. The van der Waals surface area contributed by atoms with Crippen molar-refractivity contribution in [2.75, 3.05) is 60.3 Å². The van der Waals surface area contributed by atoms with E-state index in [1.54, 1.807) is 0 Å². The van der Waals surface area contributed by atoms with Crippen molar-refractivity contribution in [3.63, 3.8) is 0 Å². The molecule has 316 valence electrons. The summed E-state index contributed by atoms with van der Waals surface area (Å²) in [6.07, 6.45) is 21.5. The molecule has 1 atom stereocenters. The van der Waals surface area contributed by atoms with E-state index in [0.29, 0.717) is 52.3 Å². The van der Waals surface area contributed by atoms with Gasteiger partial charge in [-0.25, -0.2) is 0 Å². The first-order valence-corrected chi connectivity index (χ1v) is 21.5. The van der Waals surface area contributed by atoms with Crippen LogP contribution in [0, 0.1) is 0 Å². The van der Waals surface area contributed by atoms with E-state index in [2.05, 4.69) is 13.8 Å². The smallest absolute Gasteiger partial charge is 0.313 e. The third-order valence-corrected chi connectivity index (χ3v) is 9.12. The molecule has 0 rings (SSSR count). The molecule has 0 aliphatic rings. The number of esters is 3. The summed E-state index contributed by atoms with van der Waals surface area (Å²) >= 11 is 0.